The average molecular weight is 571 g/mol. The number of carbonyl (C=O) groups is 3. The Labute approximate surface area is 239 Å². The summed E-state index contributed by atoms with van der Waals surface area (Å²) in [6.07, 6.45) is 6.01. The van der Waals surface area contributed by atoms with E-state index >= 15 is 0 Å². The van der Waals surface area contributed by atoms with Crippen LogP contribution < -0.4 is 26.2 Å². The maximum atomic E-state index is 13.0. The number of thioether (sulfide) groups is 1. The highest BCUT2D eigenvalue weighted by Gasteiger charge is 2.40. The topological polar surface area (TPSA) is 133 Å². The highest BCUT2D eigenvalue weighted by atomic mass is 32.2. The molecule has 2 aliphatic rings. The first-order chi connectivity index (χ1) is 18.8. The van der Waals surface area contributed by atoms with Crippen LogP contribution in [0.2, 0.25) is 0 Å². The van der Waals surface area contributed by atoms with Crippen LogP contribution in [-0.4, -0.2) is 89.8 Å². The van der Waals surface area contributed by atoms with E-state index in [9.17, 15) is 19.6 Å². The van der Waals surface area contributed by atoms with Crippen molar-refractivity contribution in [2.45, 2.75) is 30.4 Å². The van der Waals surface area contributed by atoms with Gasteiger partial charge >= 0.3 is 0 Å². The van der Waals surface area contributed by atoms with Crippen molar-refractivity contribution in [3.05, 3.63) is 24.3 Å². The van der Waals surface area contributed by atoms with Gasteiger partial charge in [-0.1, -0.05) is 12.0 Å². The predicted octanol–water partition coefficient (Wildman–Crippen LogP) is 0.715. The zero-order valence-electron chi connectivity index (χ0n) is 22.1. The van der Waals surface area contributed by atoms with E-state index in [1.807, 2.05) is 42.2 Å². The lowest BCUT2D eigenvalue weighted by Gasteiger charge is -2.30. The minimum atomic E-state index is -0.878. The molecule has 3 atom stereocenters. The number of amides is 3. The number of benzene rings is 1. The maximum Gasteiger partial charge on any atom is 0.241 e. The Hall–Kier alpha value is -3.52. The number of likely N-dealkylation sites (N-methyl/N-ethyl adjacent to an activating group) is 1. The molecule has 4 N–H and O–H groups in total. The Balaban J connectivity index is 1.52. The SMILES string of the molecule is C#CCNC(=O)C(C#N)CC1SC(CCNc2cccc(N(C)C(=O)CN3CNC(=S)NC3)c2)C(=O)N1CC. The van der Waals surface area contributed by atoms with Gasteiger partial charge in [-0.15, -0.1) is 18.2 Å². The zero-order chi connectivity index (χ0) is 28.4. The predicted molar refractivity (Wildman–Crippen MR) is 156 cm³/mol. The van der Waals surface area contributed by atoms with Crippen molar-refractivity contribution >= 4 is 58.2 Å². The van der Waals surface area contributed by atoms with E-state index in [-0.39, 0.29) is 41.9 Å². The summed E-state index contributed by atoms with van der Waals surface area (Å²) in [7, 11) is 1.74. The monoisotopic (exact) mass is 570 g/mol. The van der Waals surface area contributed by atoms with Gasteiger partial charge in [0.1, 0.15) is 5.92 Å². The van der Waals surface area contributed by atoms with Gasteiger partial charge in [-0.3, -0.25) is 19.3 Å². The summed E-state index contributed by atoms with van der Waals surface area (Å²) in [5.74, 6) is 0.994. The Morgan fingerprint density at radius 2 is 2.10 bits per heavy atom. The van der Waals surface area contributed by atoms with Gasteiger partial charge in [-0.25, -0.2) is 0 Å². The van der Waals surface area contributed by atoms with Crippen molar-refractivity contribution in [2.24, 2.45) is 5.92 Å². The molecule has 1 aromatic carbocycles. The van der Waals surface area contributed by atoms with E-state index in [0.717, 1.165) is 11.4 Å². The normalized spacial score (nSPS) is 19.7. The van der Waals surface area contributed by atoms with Gasteiger partial charge < -0.3 is 31.1 Å². The summed E-state index contributed by atoms with van der Waals surface area (Å²) in [6, 6.07) is 9.60. The van der Waals surface area contributed by atoms with Gasteiger partial charge in [0.15, 0.2) is 5.11 Å². The van der Waals surface area contributed by atoms with E-state index in [1.165, 1.54) is 11.8 Å². The van der Waals surface area contributed by atoms with Crippen molar-refractivity contribution in [1.29, 1.82) is 5.26 Å². The Kier molecular flexibility index (Phi) is 11.2. The molecule has 2 aliphatic heterocycles. The van der Waals surface area contributed by atoms with Gasteiger partial charge in [0.05, 0.1) is 43.1 Å². The molecule has 2 saturated heterocycles. The lowest BCUT2D eigenvalue weighted by Crippen LogP contribution is -2.56. The van der Waals surface area contributed by atoms with Crippen LogP contribution in [-0.2, 0) is 14.4 Å². The molecule has 39 heavy (non-hydrogen) atoms. The number of nitriles is 1. The molecule has 3 amide bonds. The molecule has 2 fully saturated rings. The Bertz CT molecular complexity index is 1140. The third-order valence-electron chi connectivity index (χ3n) is 6.47. The van der Waals surface area contributed by atoms with Crippen LogP contribution in [0.4, 0.5) is 11.4 Å². The van der Waals surface area contributed by atoms with Crippen molar-refractivity contribution in [3.8, 4) is 18.4 Å². The lowest BCUT2D eigenvalue weighted by atomic mass is 10.1. The van der Waals surface area contributed by atoms with Gasteiger partial charge in [0.25, 0.3) is 0 Å². The Morgan fingerprint density at radius 1 is 1.36 bits per heavy atom. The molecular weight excluding hydrogens is 536 g/mol. The molecule has 1 aromatic rings. The fourth-order valence-corrected chi connectivity index (χ4v) is 5.99. The van der Waals surface area contributed by atoms with Crippen molar-refractivity contribution in [2.75, 3.05) is 56.8 Å². The van der Waals surface area contributed by atoms with Crippen molar-refractivity contribution in [1.82, 2.24) is 25.8 Å². The molecular formula is C26H34N8O3S2. The molecule has 3 unspecified atom stereocenters. The number of rotatable bonds is 12. The molecule has 208 valence electrons. The molecule has 0 aromatic heterocycles. The second kappa shape index (κ2) is 14.6. The molecule has 0 spiro atoms. The summed E-state index contributed by atoms with van der Waals surface area (Å²) < 4.78 is 0. The summed E-state index contributed by atoms with van der Waals surface area (Å²) in [4.78, 5) is 43.3. The minimum Gasteiger partial charge on any atom is -0.385 e. The summed E-state index contributed by atoms with van der Waals surface area (Å²) >= 11 is 6.54. The number of terminal acetylenes is 1. The zero-order valence-corrected chi connectivity index (χ0v) is 23.7. The number of hydrogen-bond acceptors (Lipinski definition) is 8. The largest absolute Gasteiger partial charge is 0.385 e. The summed E-state index contributed by atoms with van der Waals surface area (Å²) in [6.45, 7) is 4.27. The molecule has 13 heteroatoms. The standard InChI is InChI=1S/C26H34N8O3S2/c1-4-10-29-24(36)18(14-27)12-23-34(5-2)25(37)21(39-23)9-11-28-19-7-6-8-20(13-19)32(3)22(35)15-33-16-30-26(38)31-17-33/h1,6-8,13,18,21,23,28H,5,9-12,15-17H2,2-3H3,(H,29,36)(H2,30,31,38). The fourth-order valence-electron chi connectivity index (χ4n) is 4.27. The van der Waals surface area contributed by atoms with Crippen LogP contribution in [0.3, 0.4) is 0 Å². The highest BCUT2D eigenvalue weighted by molar-refractivity contribution is 8.01. The van der Waals surface area contributed by atoms with Crippen LogP contribution in [0.15, 0.2) is 24.3 Å². The van der Waals surface area contributed by atoms with E-state index < -0.39 is 11.8 Å². The van der Waals surface area contributed by atoms with Crippen LogP contribution in [0.5, 0.6) is 0 Å². The van der Waals surface area contributed by atoms with E-state index in [1.54, 1.807) is 16.8 Å². The number of nitrogens with one attached hydrogen (secondary N) is 4. The first kappa shape index (κ1) is 30.0. The molecule has 3 rings (SSSR count). The van der Waals surface area contributed by atoms with Crippen LogP contribution in [0.1, 0.15) is 19.8 Å². The third kappa shape index (κ3) is 8.23. The van der Waals surface area contributed by atoms with Gasteiger partial charge in [0, 0.05) is 37.9 Å². The lowest BCUT2D eigenvalue weighted by molar-refractivity contribution is -0.131. The number of nitrogens with zero attached hydrogens (tertiary/aromatic N) is 4. The van der Waals surface area contributed by atoms with E-state index in [4.69, 9.17) is 18.6 Å². The first-order valence-electron chi connectivity index (χ1n) is 12.7. The Morgan fingerprint density at radius 3 is 2.77 bits per heavy atom. The quantitative estimate of drug-likeness (QED) is 0.210. The number of anilines is 2. The second-order valence-corrected chi connectivity index (χ2v) is 10.9. The van der Waals surface area contributed by atoms with Gasteiger partial charge in [0.2, 0.25) is 17.7 Å². The molecule has 0 bridgehead atoms. The van der Waals surface area contributed by atoms with Gasteiger partial charge in [-0.05, 0) is 43.8 Å². The molecule has 0 saturated carbocycles. The fraction of sp³-hybridized carbons (Fsp3) is 0.500. The van der Waals surface area contributed by atoms with E-state index in [0.29, 0.717) is 38.0 Å². The third-order valence-corrected chi connectivity index (χ3v) is 8.29. The van der Waals surface area contributed by atoms with Crippen LogP contribution >= 0.6 is 24.0 Å². The number of carbonyl (C=O) groups excluding carboxylic acids is 3. The summed E-state index contributed by atoms with van der Waals surface area (Å²) in [5, 5.41) is 21.4. The molecule has 2 heterocycles. The maximum absolute atomic E-state index is 13.0. The van der Waals surface area contributed by atoms with E-state index in [2.05, 4.69) is 27.2 Å². The average Bonchev–Trinajstić information content (AvgIpc) is 3.24. The second-order valence-electron chi connectivity index (χ2n) is 9.09. The van der Waals surface area contributed by atoms with Gasteiger partial charge in [-0.2, -0.15) is 5.26 Å². The number of thiocarbonyl (C=S) groups is 1. The van der Waals surface area contributed by atoms with Crippen molar-refractivity contribution < 1.29 is 14.4 Å². The smallest absolute Gasteiger partial charge is 0.241 e. The van der Waals surface area contributed by atoms with Crippen molar-refractivity contribution in [3.63, 3.8) is 0 Å². The summed E-state index contributed by atoms with van der Waals surface area (Å²) in [5.41, 5.74) is 1.60. The van der Waals surface area contributed by atoms with Crippen LogP contribution in [0, 0.1) is 29.6 Å². The minimum absolute atomic E-state index is 0.0107. The first-order valence-corrected chi connectivity index (χ1v) is 14.0. The molecule has 0 radical (unpaired) electrons. The molecule has 0 aliphatic carbocycles. The number of hydrogen-bond donors (Lipinski definition) is 4. The highest BCUT2D eigenvalue weighted by Crippen LogP contribution is 2.37. The molecule has 11 nitrogen and oxygen atoms in total. The van der Waals surface area contributed by atoms with Crippen LogP contribution in [0.25, 0.3) is 0 Å².